The van der Waals surface area contributed by atoms with Crippen LogP contribution >= 0.6 is 11.9 Å². The van der Waals surface area contributed by atoms with E-state index < -0.39 is 5.60 Å². The smallest absolute Gasteiger partial charge is 0.323 e. The molecule has 0 aromatic heterocycles. The summed E-state index contributed by atoms with van der Waals surface area (Å²) in [6.45, 7) is 9.96. The van der Waals surface area contributed by atoms with Crippen molar-refractivity contribution in [3.63, 3.8) is 0 Å². The number of unbranched alkanes of at least 4 members (excludes halogenated alkanes) is 1. The van der Waals surface area contributed by atoms with E-state index in [2.05, 4.69) is 41.2 Å². The number of carbonyl (C=O) groups is 2. The Bertz CT molecular complexity index is 861. The molecule has 0 radical (unpaired) electrons. The Morgan fingerprint density at radius 1 is 1.13 bits per heavy atom. The predicted molar refractivity (Wildman–Crippen MR) is 124 cm³/mol. The molecule has 0 aliphatic rings. The Morgan fingerprint density at radius 2 is 1.87 bits per heavy atom. The zero-order valence-electron chi connectivity index (χ0n) is 18.7. The molecule has 1 amide bonds. The van der Waals surface area contributed by atoms with E-state index in [1.54, 1.807) is 0 Å². The first-order chi connectivity index (χ1) is 14.2. The molecular formula is C24H34N2O3S. The first-order valence-corrected chi connectivity index (χ1v) is 11.4. The van der Waals surface area contributed by atoms with Crippen molar-refractivity contribution in [1.82, 2.24) is 10.0 Å². The lowest BCUT2D eigenvalue weighted by molar-refractivity contribution is -0.157. The molecule has 6 heteroatoms. The minimum absolute atomic E-state index is 0.0819. The van der Waals surface area contributed by atoms with Gasteiger partial charge in [0.05, 0.1) is 0 Å². The van der Waals surface area contributed by atoms with Gasteiger partial charge in [-0.05, 0) is 61.9 Å². The van der Waals surface area contributed by atoms with E-state index in [1.165, 1.54) is 18.9 Å². The molecular weight excluding hydrogens is 396 g/mol. The molecule has 1 atom stereocenters. The summed E-state index contributed by atoms with van der Waals surface area (Å²) in [6.07, 6.45) is 3.51. The van der Waals surface area contributed by atoms with Crippen molar-refractivity contribution in [2.45, 2.75) is 76.8 Å². The van der Waals surface area contributed by atoms with Crippen LogP contribution in [0.25, 0.3) is 10.8 Å². The standard InChI is InChI=1S/C24H34N2O3S/c1-6-7-12-21(23(28)29-24(3,4)5)25-16-15-19-14-13-18-10-8-9-11-20(18)22(19)30-26-17(2)27/h8-11,13-14,21,25H,6-7,12,15-16H2,1-5H3,(H,26,27). The lowest BCUT2D eigenvalue weighted by Crippen LogP contribution is -2.42. The molecule has 2 aromatic carbocycles. The molecule has 2 rings (SSSR count). The second kappa shape index (κ2) is 11.4. The Morgan fingerprint density at radius 3 is 2.53 bits per heavy atom. The Labute approximate surface area is 184 Å². The van der Waals surface area contributed by atoms with Crippen LogP contribution in [0.3, 0.4) is 0 Å². The minimum Gasteiger partial charge on any atom is -0.459 e. The number of ether oxygens (including phenoxy) is 1. The molecule has 0 saturated carbocycles. The maximum atomic E-state index is 12.6. The number of carbonyl (C=O) groups excluding carboxylic acids is 2. The predicted octanol–water partition coefficient (Wildman–Crippen LogP) is 5.02. The monoisotopic (exact) mass is 430 g/mol. The first kappa shape index (κ1) is 24.2. The van der Waals surface area contributed by atoms with Gasteiger partial charge >= 0.3 is 5.97 Å². The fourth-order valence-electron chi connectivity index (χ4n) is 3.19. The summed E-state index contributed by atoms with van der Waals surface area (Å²) in [5.74, 6) is -0.274. The highest BCUT2D eigenvalue weighted by atomic mass is 32.2. The van der Waals surface area contributed by atoms with Crippen molar-refractivity contribution in [3.8, 4) is 0 Å². The summed E-state index contributed by atoms with van der Waals surface area (Å²) in [6, 6.07) is 12.0. The summed E-state index contributed by atoms with van der Waals surface area (Å²) < 4.78 is 8.44. The van der Waals surface area contributed by atoms with Crippen molar-refractivity contribution >= 4 is 34.6 Å². The number of hydrogen-bond donors (Lipinski definition) is 2. The van der Waals surface area contributed by atoms with Crippen molar-refractivity contribution in [2.24, 2.45) is 0 Å². The Kier molecular flexibility index (Phi) is 9.18. The molecule has 1 unspecified atom stereocenters. The van der Waals surface area contributed by atoms with Crippen LogP contribution in [0.4, 0.5) is 0 Å². The summed E-state index contributed by atoms with van der Waals surface area (Å²) in [5.41, 5.74) is 0.641. The Hall–Kier alpha value is -2.05. The molecule has 0 aliphatic heterocycles. The highest BCUT2D eigenvalue weighted by Gasteiger charge is 2.24. The molecule has 2 N–H and O–H groups in total. The number of hydrogen-bond acceptors (Lipinski definition) is 5. The van der Waals surface area contributed by atoms with Gasteiger partial charge < -0.3 is 10.1 Å². The number of benzene rings is 2. The molecule has 5 nitrogen and oxygen atoms in total. The maximum Gasteiger partial charge on any atom is 0.323 e. The van der Waals surface area contributed by atoms with Crippen LogP contribution in [-0.4, -0.2) is 30.1 Å². The van der Waals surface area contributed by atoms with Gasteiger partial charge in [-0.25, -0.2) is 0 Å². The number of rotatable bonds is 10. The summed E-state index contributed by atoms with van der Waals surface area (Å²) in [5, 5.41) is 5.64. The van der Waals surface area contributed by atoms with Gasteiger partial charge in [0, 0.05) is 18.4 Å². The van der Waals surface area contributed by atoms with E-state index in [1.807, 2.05) is 32.9 Å². The highest BCUT2D eigenvalue weighted by Crippen LogP contribution is 2.30. The van der Waals surface area contributed by atoms with Gasteiger partial charge in [-0.3, -0.25) is 14.3 Å². The zero-order valence-corrected chi connectivity index (χ0v) is 19.5. The first-order valence-electron chi connectivity index (χ1n) is 10.6. The topological polar surface area (TPSA) is 67.4 Å². The zero-order chi connectivity index (χ0) is 22.1. The second-order valence-corrected chi connectivity index (χ2v) is 9.28. The third-order valence-corrected chi connectivity index (χ3v) is 5.66. The van der Waals surface area contributed by atoms with Gasteiger partial charge in [0.25, 0.3) is 0 Å². The molecule has 2 aromatic rings. The largest absolute Gasteiger partial charge is 0.459 e. The summed E-state index contributed by atoms with van der Waals surface area (Å²) >= 11 is 1.35. The molecule has 0 bridgehead atoms. The fourth-order valence-corrected chi connectivity index (χ4v) is 4.04. The van der Waals surface area contributed by atoms with Gasteiger partial charge in [0.15, 0.2) is 0 Å². The van der Waals surface area contributed by atoms with E-state index in [0.29, 0.717) is 6.54 Å². The van der Waals surface area contributed by atoms with Gasteiger partial charge in [-0.1, -0.05) is 56.2 Å². The molecule has 0 fully saturated rings. The lowest BCUT2D eigenvalue weighted by atomic mass is 10.0. The summed E-state index contributed by atoms with van der Waals surface area (Å²) in [4.78, 5) is 25.1. The van der Waals surface area contributed by atoms with Crippen LogP contribution in [0.1, 0.15) is 59.4 Å². The number of amides is 1. The molecule has 164 valence electrons. The van der Waals surface area contributed by atoms with E-state index in [4.69, 9.17) is 4.74 Å². The van der Waals surface area contributed by atoms with Gasteiger partial charge in [0.1, 0.15) is 11.6 Å². The van der Waals surface area contributed by atoms with Gasteiger partial charge in [-0.2, -0.15) is 0 Å². The van der Waals surface area contributed by atoms with Gasteiger partial charge in [-0.15, -0.1) is 0 Å². The van der Waals surface area contributed by atoms with E-state index in [-0.39, 0.29) is 17.9 Å². The molecule has 0 saturated heterocycles. The SMILES string of the molecule is CCCCC(NCCc1ccc2ccccc2c1SNC(C)=O)C(=O)OC(C)(C)C. The third kappa shape index (κ3) is 7.65. The van der Waals surface area contributed by atoms with E-state index >= 15 is 0 Å². The molecule has 0 spiro atoms. The van der Waals surface area contributed by atoms with Crippen LogP contribution in [0.15, 0.2) is 41.3 Å². The highest BCUT2D eigenvalue weighted by molar-refractivity contribution is 7.98. The van der Waals surface area contributed by atoms with Crippen LogP contribution in [0.5, 0.6) is 0 Å². The lowest BCUT2D eigenvalue weighted by Gasteiger charge is -2.25. The van der Waals surface area contributed by atoms with Crippen molar-refractivity contribution in [1.29, 1.82) is 0 Å². The fraction of sp³-hybridized carbons (Fsp3) is 0.500. The van der Waals surface area contributed by atoms with E-state index in [9.17, 15) is 9.59 Å². The molecule has 0 aliphatic carbocycles. The number of fused-ring (bicyclic) bond motifs is 1. The minimum atomic E-state index is -0.496. The van der Waals surface area contributed by atoms with Crippen molar-refractivity contribution in [3.05, 3.63) is 42.0 Å². The maximum absolute atomic E-state index is 12.6. The van der Waals surface area contributed by atoms with Crippen LogP contribution in [0, 0.1) is 0 Å². The quantitative estimate of drug-likeness (QED) is 0.409. The molecule has 0 heterocycles. The second-order valence-electron chi connectivity index (χ2n) is 8.47. The molecule has 30 heavy (non-hydrogen) atoms. The third-order valence-electron chi connectivity index (χ3n) is 4.58. The number of esters is 1. The van der Waals surface area contributed by atoms with Gasteiger partial charge in [0.2, 0.25) is 5.91 Å². The van der Waals surface area contributed by atoms with Crippen LogP contribution in [-0.2, 0) is 20.7 Å². The summed E-state index contributed by atoms with van der Waals surface area (Å²) in [7, 11) is 0. The normalized spacial score (nSPS) is 12.6. The average molecular weight is 431 g/mol. The van der Waals surface area contributed by atoms with E-state index in [0.717, 1.165) is 46.9 Å². The van der Waals surface area contributed by atoms with Crippen molar-refractivity contribution < 1.29 is 14.3 Å². The number of nitrogens with one attached hydrogen (secondary N) is 2. The Balaban J connectivity index is 2.13. The van der Waals surface area contributed by atoms with Crippen LogP contribution < -0.4 is 10.0 Å². The van der Waals surface area contributed by atoms with Crippen molar-refractivity contribution in [2.75, 3.05) is 6.54 Å². The average Bonchev–Trinajstić information content (AvgIpc) is 2.67. The van der Waals surface area contributed by atoms with Crippen LogP contribution in [0.2, 0.25) is 0 Å².